The van der Waals surface area contributed by atoms with Crippen LogP contribution < -0.4 is 10.2 Å². The molecule has 9 nitrogen and oxygen atoms in total. The molecule has 3 rings (SSSR count). The second-order valence-corrected chi connectivity index (χ2v) is 7.54. The smallest absolute Gasteiger partial charge is 0.311 e. The van der Waals surface area contributed by atoms with Gasteiger partial charge in [0, 0.05) is 36.0 Å². The molecule has 0 aliphatic carbocycles. The number of nitro benzene ring substituents is 1. The normalized spacial score (nSPS) is 15.6. The van der Waals surface area contributed by atoms with Gasteiger partial charge >= 0.3 is 5.97 Å². The van der Waals surface area contributed by atoms with E-state index in [2.05, 4.69) is 5.32 Å². The molecular weight excluding hydrogens is 402 g/mol. The van der Waals surface area contributed by atoms with Gasteiger partial charge in [-0.25, -0.2) is 0 Å². The second kappa shape index (κ2) is 8.95. The Morgan fingerprint density at radius 1 is 1.19 bits per heavy atom. The van der Waals surface area contributed by atoms with E-state index in [1.165, 1.54) is 18.2 Å². The van der Waals surface area contributed by atoms with Crippen LogP contribution in [-0.2, 0) is 19.1 Å². The third-order valence-electron chi connectivity index (χ3n) is 5.36. The fourth-order valence-electron chi connectivity index (χ4n) is 3.46. The van der Waals surface area contributed by atoms with Crippen LogP contribution in [0.1, 0.15) is 23.1 Å². The van der Waals surface area contributed by atoms with Crippen molar-refractivity contribution in [2.45, 2.75) is 27.2 Å². The van der Waals surface area contributed by atoms with E-state index in [1.54, 1.807) is 11.8 Å². The lowest BCUT2D eigenvalue weighted by Gasteiger charge is -2.20. The summed E-state index contributed by atoms with van der Waals surface area (Å²) in [6, 6.07) is 9.93. The van der Waals surface area contributed by atoms with Gasteiger partial charge in [-0.05, 0) is 44.0 Å². The summed E-state index contributed by atoms with van der Waals surface area (Å²) >= 11 is 0. The molecule has 1 N–H and O–H groups in total. The minimum Gasteiger partial charge on any atom is -0.455 e. The van der Waals surface area contributed by atoms with Gasteiger partial charge in [0.15, 0.2) is 6.61 Å². The summed E-state index contributed by atoms with van der Waals surface area (Å²) in [7, 11) is 0. The molecule has 2 amide bonds. The molecule has 0 aromatic heterocycles. The summed E-state index contributed by atoms with van der Waals surface area (Å²) in [5.41, 5.74) is 3.36. The first-order chi connectivity index (χ1) is 14.7. The maximum atomic E-state index is 12.4. The van der Waals surface area contributed by atoms with Gasteiger partial charge in [0.2, 0.25) is 5.91 Å². The van der Waals surface area contributed by atoms with Gasteiger partial charge < -0.3 is 15.0 Å². The number of ether oxygens (including phenoxy) is 1. The maximum Gasteiger partial charge on any atom is 0.311 e. The first kappa shape index (κ1) is 21.9. The predicted molar refractivity (Wildman–Crippen MR) is 114 cm³/mol. The Morgan fingerprint density at radius 2 is 1.94 bits per heavy atom. The fourth-order valence-corrected chi connectivity index (χ4v) is 3.46. The molecule has 1 fully saturated rings. The number of rotatable bonds is 6. The molecule has 1 aliphatic rings. The molecule has 0 unspecified atom stereocenters. The number of esters is 1. The molecular formula is C22H23N3O6. The SMILES string of the molecule is Cc1ccc(NC(=O)COC(=O)[C@@H]2CC(=O)N(c3cccc(C)c3C)C2)cc1[N+](=O)[O-]. The van der Waals surface area contributed by atoms with E-state index in [-0.39, 0.29) is 30.2 Å². The molecule has 0 saturated carbocycles. The summed E-state index contributed by atoms with van der Waals surface area (Å²) in [4.78, 5) is 49.0. The maximum absolute atomic E-state index is 12.4. The van der Waals surface area contributed by atoms with Crippen LogP contribution in [-0.4, -0.2) is 35.9 Å². The van der Waals surface area contributed by atoms with Crippen molar-refractivity contribution in [3.63, 3.8) is 0 Å². The Hall–Kier alpha value is -3.75. The van der Waals surface area contributed by atoms with E-state index in [0.29, 0.717) is 5.56 Å². The van der Waals surface area contributed by atoms with Gasteiger partial charge in [0.1, 0.15) is 0 Å². The number of hydrogen-bond acceptors (Lipinski definition) is 6. The topological polar surface area (TPSA) is 119 Å². The van der Waals surface area contributed by atoms with Crippen molar-refractivity contribution >= 4 is 34.8 Å². The van der Waals surface area contributed by atoms with E-state index in [0.717, 1.165) is 16.8 Å². The Labute approximate surface area is 179 Å². The Kier molecular flexibility index (Phi) is 6.33. The highest BCUT2D eigenvalue weighted by Gasteiger charge is 2.37. The number of nitrogens with one attached hydrogen (secondary N) is 1. The van der Waals surface area contributed by atoms with Crippen LogP contribution in [0, 0.1) is 36.8 Å². The monoisotopic (exact) mass is 425 g/mol. The lowest BCUT2D eigenvalue weighted by molar-refractivity contribution is -0.385. The molecule has 1 heterocycles. The van der Waals surface area contributed by atoms with Gasteiger partial charge in [-0.3, -0.25) is 24.5 Å². The summed E-state index contributed by atoms with van der Waals surface area (Å²) < 4.78 is 5.08. The summed E-state index contributed by atoms with van der Waals surface area (Å²) in [6.45, 7) is 5.11. The zero-order chi connectivity index (χ0) is 22.7. The third kappa shape index (κ3) is 4.88. The number of hydrogen-bond donors (Lipinski definition) is 1. The van der Waals surface area contributed by atoms with Crippen LogP contribution in [0.4, 0.5) is 17.1 Å². The largest absolute Gasteiger partial charge is 0.455 e. The molecule has 2 aromatic carbocycles. The third-order valence-corrected chi connectivity index (χ3v) is 5.36. The molecule has 31 heavy (non-hydrogen) atoms. The zero-order valence-corrected chi connectivity index (χ0v) is 17.5. The highest BCUT2D eigenvalue weighted by Crippen LogP contribution is 2.30. The van der Waals surface area contributed by atoms with Crippen LogP contribution in [0.3, 0.4) is 0 Å². The standard InChI is InChI=1S/C22H23N3O6/c1-13-5-4-6-18(15(13)3)24-11-16(9-21(24)27)22(28)31-12-20(26)23-17-8-7-14(2)19(10-17)25(29)30/h4-8,10,16H,9,11-12H2,1-3H3,(H,23,26)/t16-/m1/s1. The summed E-state index contributed by atoms with van der Waals surface area (Å²) in [5, 5.41) is 13.5. The lowest BCUT2D eigenvalue weighted by atomic mass is 10.1. The van der Waals surface area contributed by atoms with Gasteiger partial charge in [0.25, 0.3) is 11.6 Å². The minimum atomic E-state index is -0.666. The Bertz CT molecular complexity index is 1070. The van der Waals surface area contributed by atoms with E-state index in [9.17, 15) is 24.5 Å². The summed E-state index contributed by atoms with van der Waals surface area (Å²) in [6.07, 6.45) is 0.0119. The number of nitro groups is 1. The average Bonchev–Trinajstić information content (AvgIpc) is 3.11. The zero-order valence-electron chi connectivity index (χ0n) is 17.5. The predicted octanol–water partition coefficient (Wildman–Crippen LogP) is 3.05. The minimum absolute atomic E-state index is 0.0119. The second-order valence-electron chi connectivity index (χ2n) is 7.54. The van der Waals surface area contributed by atoms with Crippen molar-refractivity contribution in [3.8, 4) is 0 Å². The van der Waals surface area contributed by atoms with Crippen molar-refractivity contribution in [1.82, 2.24) is 0 Å². The Balaban J connectivity index is 1.57. The van der Waals surface area contributed by atoms with Gasteiger partial charge in [-0.15, -0.1) is 0 Å². The van der Waals surface area contributed by atoms with Crippen LogP contribution in [0.2, 0.25) is 0 Å². The first-order valence-corrected chi connectivity index (χ1v) is 9.75. The number of amides is 2. The quantitative estimate of drug-likeness (QED) is 0.432. The number of anilines is 2. The van der Waals surface area contributed by atoms with Crippen LogP contribution in [0.25, 0.3) is 0 Å². The van der Waals surface area contributed by atoms with Gasteiger partial charge in [-0.1, -0.05) is 18.2 Å². The average molecular weight is 425 g/mol. The molecule has 162 valence electrons. The van der Waals surface area contributed by atoms with E-state index in [1.807, 2.05) is 32.0 Å². The molecule has 1 saturated heterocycles. The van der Waals surface area contributed by atoms with Gasteiger partial charge in [0.05, 0.1) is 10.8 Å². The molecule has 9 heteroatoms. The van der Waals surface area contributed by atoms with Crippen molar-refractivity contribution in [3.05, 3.63) is 63.2 Å². The lowest BCUT2D eigenvalue weighted by Crippen LogP contribution is -2.28. The molecule has 0 radical (unpaired) electrons. The van der Waals surface area contributed by atoms with Crippen molar-refractivity contribution in [2.24, 2.45) is 5.92 Å². The molecule has 0 spiro atoms. The molecule has 1 aliphatic heterocycles. The Morgan fingerprint density at radius 3 is 2.65 bits per heavy atom. The van der Waals surface area contributed by atoms with E-state index < -0.39 is 29.3 Å². The van der Waals surface area contributed by atoms with Crippen molar-refractivity contribution in [1.29, 1.82) is 0 Å². The van der Waals surface area contributed by atoms with Gasteiger partial charge in [-0.2, -0.15) is 0 Å². The van der Waals surface area contributed by atoms with Crippen LogP contribution in [0.5, 0.6) is 0 Å². The molecule has 1 atom stereocenters. The highest BCUT2D eigenvalue weighted by atomic mass is 16.6. The highest BCUT2D eigenvalue weighted by molar-refractivity contribution is 6.00. The number of carbonyl (C=O) groups excluding carboxylic acids is 3. The van der Waals surface area contributed by atoms with Crippen molar-refractivity contribution in [2.75, 3.05) is 23.4 Å². The molecule has 2 aromatic rings. The summed E-state index contributed by atoms with van der Waals surface area (Å²) in [5.74, 6) is -2.10. The number of nitrogens with zero attached hydrogens (tertiary/aromatic N) is 2. The van der Waals surface area contributed by atoms with E-state index in [4.69, 9.17) is 4.74 Å². The van der Waals surface area contributed by atoms with Crippen LogP contribution in [0.15, 0.2) is 36.4 Å². The van der Waals surface area contributed by atoms with E-state index >= 15 is 0 Å². The van der Waals surface area contributed by atoms with Crippen molar-refractivity contribution < 1.29 is 24.0 Å². The number of carbonyl (C=O) groups is 3. The first-order valence-electron chi connectivity index (χ1n) is 9.75. The molecule has 0 bridgehead atoms. The number of benzene rings is 2. The number of aryl methyl sites for hydroxylation is 2. The fraction of sp³-hybridized carbons (Fsp3) is 0.318. The van der Waals surface area contributed by atoms with Crippen LogP contribution >= 0.6 is 0 Å².